The number of hydrogen-bond donors (Lipinski definition) is 2. The van der Waals surface area contributed by atoms with Crippen LogP contribution in [0.1, 0.15) is 66.8 Å². The third kappa shape index (κ3) is 8.89. The van der Waals surface area contributed by atoms with Crippen molar-refractivity contribution in [1.82, 2.24) is 15.2 Å². The second-order valence-corrected chi connectivity index (χ2v) is 13.6. The Hall–Kier alpha value is -2.22. The molecule has 40 heavy (non-hydrogen) atoms. The van der Waals surface area contributed by atoms with Crippen LogP contribution in [0.3, 0.4) is 0 Å². The van der Waals surface area contributed by atoms with Gasteiger partial charge in [-0.15, -0.1) is 11.8 Å². The van der Waals surface area contributed by atoms with Gasteiger partial charge in [0.1, 0.15) is 21.9 Å². The van der Waals surface area contributed by atoms with Crippen molar-refractivity contribution in [3.05, 3.63) is 58.5 Å². The number of amides is 1. The highest BCUT2D eigenvalue weighted by atomic mass is 32.2. The van der Waals surface area contributed by atoms with E-state index in [-0.39, 0.29) is 17.1 Å². The van der Waals surface area contributed by atoms with E-state index >= 15 is 0 Å². The van der Waals surface area contributed by atoms with Crippen LogP contribution in [-0.4, -0.2) is 55.9 Å². The number of piperidine rings is 1. The molecule has 0 radical (unpaired) electrons. The topological polar surface area (TPSA) is 105 Å². The largest absolute Gasteiger partial charge is 0.433 e. The molecular formula is C27H36F4N4O3S2. The molecule has 13 heteroatoms. The van der Waals surface area contributed by atoms with Crippen molar-refractivity contribution in [2.75, 3.05) is 31.6 Å². The maximum Gasteiger partial charge on any atom is 0.433 e. The molecule has 3 N–H and O–H groups in total. The number of thioether (sulfide) groups is 1. The summed E-state index contributed by atoms with van der Waals surface area (Å²) in [6.07, 6.45) is -0.597. The molecule has 0 aliphatic carbocycles. The Morgan fingerprint density at radius 1 is 1.23 bits per heavy atom. The number of rotatable bonds is 11. The minimum absolute atomic E-state index is 0.0554. The smallest absolute Gasteiger partial charge is 0.351 e. The van der Waals surface area contributed by atoms with E-state index in [0.717, 1.165) is 63.2 Å². The minimum atomic E-state index is -4.59. The summed E-state index contributed by atoms with van der Waals surface area (Å²) in [5.74, 6) is -0.839. The number of nitrogens with two attached hydrogens (primary N) is 1. The number of benzene rings is 1. The normalized spacial score (nSPS) is 17.0. The summed E-state index contributed by atoms with van der Waals surface area (Å²) in [6.45, 7) is 6.65. The second-order valence-electron chi connectivity index (χ2n) is 10.4. The molecule has 1 saturated heterocycles. The highest BCUT2D eigenvalue weighted by Crippen LogP contribution is 2.31. The Kier molecular flexibility index (Phi) is 11.0. The average molecular weight is 605 g/mol. The Morgan fingerprint density at radius 2 is 1.90 bits per heavy atom. The molecule has 0 bridgehead atoms. The number of aromatic nitrogens is 1. The number of carbonyl (C=O) groups excluding carboxylic acids is 1. The lowest BCUT2D eigenvalue weighted by atomic mass is 9.98. The molecule has 7 nitrogen and oxygen atoms in total. The van der Waals surface area contributed by atoms with E-state index in [1.165, 1.54) is 30.0 Å². The zero-order chi connectivity index (χ0) is 29.7. The van der Waals surface area contributed by atoms with Gasteiger partial charge in [-0.25, -0.2) is 17.8 Å². The van der Waals surface area contributed by atoms with Crippen LogP contribution < -0.4 is 11.1 Å². The molecule has 1 fully saturated rings. The van der Waals surface area contributed by atoms with Gasteiger partial charge in [0.15, 0.2) is 9.84 Å². The molecule has 0 saturated carbocycles. The van der Waals surface area contributed by atoms with Crippen LogP contribution in [0.15, 0.2) is 35.4 Å². The Morgan fingerprint density at radius 3 is 2.50 bits per heavy atom. The first kappa shape index (κ1) is 32.3. The Balaban J connectivity index is 1.64. The van der Waals surface area contributed by atoms with Crippen molar-refractivity contribution in [2.24, 2.45) is 11.7 Å². The van der Waals surface area contributed by atoms with Crippen LogP contribution in [0, 0.1) is 11.7 Å². The van der Waals surface area contributed by atoms with Crippen LogP contribution in [0.5, 0.6) is 0 Å². The molecule has 2 unspecified atom stereocenters. The summed E-state index contributed by atoms with van der Waals surface area (Å²) in [7, 11) is -3.72. The third-order valence-electron chi connectivity index (χ3n) is 7.10. The zero-order valence-electron chi connectivity index (χ0n) is 22.8. The Bertz CT molecular complexity index is 1280. The number of halogens is 4. The number of nitrogens with one attached hydrogen (secondary N) is 1. The van der Waals surface area contributed by atoms with E-state index < -0.39 is 44.7 Å². The lowest BCUT2D eigenvalue weighted by Crippen LogP contribution is -2.33. The van der Waals surface area contributed by atoms with Crippen LogP contribution in [0.25, 0.3) is 0 Å². The van der Waals surface area contributed by atoms with Crippen molar-refractivity contribution in [1.29, 1.82) is 0 Å². The van der Waals surface area contributed by atoms with E-state index in [9.17, 15) is 30.8 Å². The molecule has 1 aromatic heterocycles. The van der Waals surface area contributed by atoms with Gasteiger partial charge in [-0.05, 0) is 69.4 Å². The quantitative estimate of drug-likeness (QED) is 0.214. The van der Waals surface area contributed by atoms with Crippen molar-refractivity contribution < 1.29 is 30.8 Å². The molecule has 3 rings (SSSR count). The van der Waals surface area contributed by atoms with Crippen LogP contribution in [0.2, 0.25) is 0 Å². The van der Waals surface area contributed by atoms with Crippen molar-refractivity contribution in [3.63, 3.8) is 0 Å². The molecule has 1 amide bonds. The lowest BCUT2D eigenvalue weighted by molar-refractivity contribution is -0.141. The van der Waals surface area contributed by atoms with Gasteiger partial charge < -0.3 is 16.0 Å². The average Bonchev–Trinajstić information content (AvgIpc) is 2.89. The van der Waals surface area contributed by atoms with Crippen molar-refractivity contribution in [2.45, 2.75) is 62.1 Å². The van der Waals surface area contributed by atoms with Crippen molar-refractivity contribution in [3.8, 4) is 0 Å². The van der Waals surface area contributed by atoms with Gasteiger partial charge in [0.05, 0.1) is 5.92 Å². The fourth-order valence-corrected chi connectivity index (χ4v) is 6.00. The highest BCUT2D eigenvalue weighted by Gasteiger charge is 2.33. The maximum absolute atomic E-state index is 14.6. The predicted octanol–water partition coefficient (Wildman–Crippen LogP) is 4.88. The summed E-state index contributed by atoms with van der Waals surface area (Å²) in [6, 6.07) is 5.94. The van der Waals surface area contributed by atoms with Gasteiger partial charge in [0.2, 0.25) is 5.91 Å². The number of hydrogen-bond acceptors (Lipinski definition) is 7. The standard InChI is InChI=1S/C27H36F4N4O3S2/c1-17-9-12-35(13-10-17)11-4-14-39-26-20(6-8-23(34-26)27(29,30)31)16-33-25(36)18(2)19-5-7-21(22(28)15-19)24(32)40(3,37)38/h5-8,15,17-18,24H,4,9-14,16,32H2,1-3H3,(H,33,36). The summed E-state index contributed by atoms with van der Waals surface area (Å²) in [5.41, 5.74) is 5.17. The van der Waals surface area contributed by atoms with E-state index in [1.807, 2.05) is 0 Å². The molecule has 1 aliphatic heterocycles. The van der Waals surface area contributed by atoms with E-state index in [0.29, 0.717) is 16.9 Å². The molecule has 222 valence electrons. The van der Waals surface area contributed by atoms with Gasteiger partial charge in [0.25, 0.3) is 0 Å². The zero-order valence-corrected chi connectivity index (χ0v) is 24.4. The van der Waals surface area contributed by atoms with E-state index in [2.05, 4.69) is 22.1 Å². The first-order valence-electron chi connectivity index (χ1n) is 13.1. The first-order valence-corrected chi connectivity index (χ1v) is 16.0. The molecule has 1 aromatic carbocycles. The van der Waals surface area contributed by atoms with Gasteiger partial charge >= 0.3 is 6.18 Å². The molecule has 2 atom stereocenters. The highest BCUT2D eigenvalue weighted by molar-refractivity contribution is 7.99. The molecule has 0 spiro atoms. The molecular weight excluding hydrogens is 568 g/mol. The summed E-state index contributed by atoms with van der Waals surface area (Å²) in [4.78, 5) is 19.0. The summed E-state index contributed by atoms with van der Waals surface area (Å²) < 4.78 is 77.9. The number of carbonyl (C=O) groups is 1. The lowest BCUT2D eigenvalue weighted by Gasteiger charge is -2.30. The third-order valence-corrected chi connectivity index (χ3v) is 9.40. The SMILES string of the molecule is CC1CCN(CCCSc2nc(C(F)(F)F)ccc2CNC(=O)C(C)c2ccc(C(N)S(C)(=O)=O)c(F)c2)CC1. The second kappa shape index (κ2) is 13.6. The number of nitrogens with zero attached hydrogens (tertiary/aromatic N) is 2. The van der Waals surface area contributed by atoms with E-state index in [1.54, 1.807) is 6.92 Å². The van der Waals surface area contributed by atoms with Crippen LogP contribution in [0.4, 0.5) is 17.6 Å². The number of alkyl halides is 3. The van der Waals surface area contributed by atoms with Gasteiger partial charge in [-0.2, -0.15) is 13.2 Å². The van der Waals surface area contributed by atoms with Gasteiger partial charge in [-0.1, -0.05) is 25.1 Å². The molecule has 1 aliphatic rings. The fourth-order valence-electron chi connectivity index (χ4n) is 4.39. The summed E-state index contributed by atoms with van der Waals surface area (Å²) in [5, 5.41) is 1.38. The predicted molar refractivity (Wildman–Crippen MR) is 148 cm³/mol. The van der Waals surface area contributed by atoms with Gasteiger partial charge in [-0.3, -0.25) is 4.79 Å². The molecule has 2 aromatic rings. The van der Waals surface area contributed by atoms with Crippen LogP contribution in [-0.2, 0) is 27.4 Å². The number of likely N-dealkylation sites (tertiary alicyclic amines) is 1. The van der Waals surface area contributed by atoms with Crippen molar-refractivity contribution >= 4 is 27.5 Å². The minimum Gasteiger partial charge on any atom is -0.351 e. The Labute approximate surface area is 237 Å². The first-order chi connectivity index (χ1) is 18.7. The van der Waals surface area contributed by atoms with Crippen LogP contribution >= 0.6 is 11.8 Å². The number of pyridine rings is 1. The summed E-state index contributed by atoms with van der Waals surface area (Å²) >= 11 is 1.23. The van der Waals surface area contributed by atoms with Gasteiger partial charge in [0, 0.05) is 29.7 Å². The maximum atomic E-state index is 14.6. The molecule has 2 heterocycles. The monoisotopic (exact) mass is 604 g/mol. The fraction of sp³-hybridized carbons (Fsp3) is 0.556. The number of sulfone groups is 1. The van der Waals surface area contributed by atoms with E-state index in [4.69, 9.17) is 5.73 Å².